The van der Waals surface area contributed by atoms with Gasteiger partial charge in [-0.25, -0.2) is 4.39 Å². The number of methoxy groups -OCH3 is 2. The highest BCUT2D eigenvalue weighted by atomic mass is 19.1. The van der Waals surface area contributed by atoms with Crippen LogP contribution in [0.25, 0.3) is 0 Å². The number of nitrogens with one attached hydrogen (secondary N) is 1. The number of rotatable bonds is 13. The van der Waals surface area contributed by atoms with Crippen LogP contribution < -0.4 is 14.8 Å². The predicted molar refractivity (Wildman–Crippen MR) is 147 cm³/mol. The van der Waals surface area contributed by atoms with Crippen molar-refractivity contribution >= 4 is 11.8 Å². The third-order valence-electron chi connectivity index (χ3n) is 6.61. The molecule has 1 N–H and O–H groups in total. The van der Waals surface area contributed by atoms with Crippen molar-refractivity contribution < 1.29 is 23.5 Å². The molecule has 0 aromatic heterocycles. The Kier molecular flexibility index (Phi) is 10.7. The third-order valence-corrected chi connectivity index (χ3v) is 6.61. The first-order valence-corrected chi connectivity index (χ1v) is 12.9. The molecule has 0 aliphatic rings. The molecule has 3 rings (SSSR count). The SMILES string of the molecule is CC[C@@H](C)NC(=O)[C@H](Cc1ccccc1)N(Cc1ccc(F)cc1)C(=O)CCc1ccc(OC)c(OC)c1. The first-order valence-electron chi connectivity index (χ1n) is 12.9. The van der Waals surface area contributed by atoms with E-state index in [2.05, 4.69) is 5.32 Å². The highest BCUT2D eigenvalue weighted by molar-refractivity contribution is 5.88. The lowest BCUT2D eigenvalue weighted by Crippen LogP contribution is -2.52. The molecular weight excluding hydrogens is 483 g/mol. The Hall–Kier alpha value is -3.87. The number of amides is 2. The molecule has 38 heavy (non-hydrogen) atoms. The predicted octanol–water partition coefficient (Wildman–Crippen LogP) is 5.33. The van der Waals surface area contributed by atoms with Crippen LogP contribution in [0.2, 0.25) is 0 Å². The van der Waals surface area contributed by atoms with Gasteiger partial charge < -0.3 is 19.7 Å². The summed E-state index contributed by atoms with van der Waals surface area (Å²) in [7, 11) is 3.15. The van der Waals surface area contributed by atoms with Crippen LogP contribution in [0.1, 0.15) is 43.4 Å². The molecule has 3 aromatic carbocycles. The Morgan fingerprint density at radius 1 is 0.895 bits per heavy atom. The number of carbonyl (C=O) groups is 2. The molecule has 0 aliphatic heterocycles. The summed E-state index contributed by atoms with van der Waals surface area (Å²) >= 11 is 0. The lowest BCUT2D eigenvalue weighted by molar-refractivity contribution is -0.141. The molecule has 6 nitrogen and oxygen atoms in total. The fourth-order valence-corrected chi connectivity index (χ4v) is 4.21. The molecule has 202 valence electrons. The minimum atomic E-state index is -0.727. The van der Waals surface area contributed by atoms with Gasteiger partial charge in [0.15, 0.2) is 11.5 Å². The van der Waals surface area contributed by atoms with E-state index in [1.165, 1.54) is 12.1 Å². The van der Waals surface area contributed by atoms with Crippen molar-refractivity contribution in [2.45, 2.75) is 58.2 Å². The van der Waals surface area contributed by atoms with Crippen molar-refractivity contribution in [3.8, 4) is 11.5 Å². The van der Waals surface area contributed by atoms with Crippen molar-refractivity contribution in [3.05, 3.63) is 95.3 Å². The van der Waals surface area contributed by atoms with E-state index in [1.807, 2.05) is 62.4 Å². The maximum atomic E-state index is 13.8. The number of benzene rings is 3. The second-order valence-corrected chi connectivity index (χ2v) is 9.36. The number of ether oxygens (including phenoxy) is 2. The monoisotopic (exact) mass is 520 g/mol. The normalized spacial score (nSPS) is 12.3. The van der Waals surface area contributed by atoms with E-state index in [1.54, 1.807) is 31.3 Å². The third kappa shape index (κ3) is 8.07. The standard InChI is InChI=1S/C31H37FN2O4/c1-5-22(2)33-31(36)27(19-23-9-7-6-8-10-23)34(21-25-11-15-26(32)16-12-25)30(35)18-14-24-13-17-28(37-3)29(20-24)38-4/h6-13,15-17,20,22,27H,5,14,18-19,21H2,1-4H3,(H,33,36)/t22-,27+/m1/s1. The van der Waals surface area contributed by atoms with Gasteiger partial charge in [-0.05, 0) is 60.7 Å². The number of nitrogens with zero attached hydrogens (tertiary/aromatic N) is 1. The van der Waals surface area contributed by atoms with Gasteiger partial charge in [-0.2, -0.15) is 0 Å². The summed E-state index contributed by atoms with van der Waals surface area (Å²) in [5.41, 5.74) is 2.62. The van der Waals surface area contributed by atoms with Gasteiger partial charge in [0, 0.05) is 25.4 Å². The molecule has 0 heterocycles. The molecule has 3 aromatic rings. The zero-order valence-corrected chi connectivity index (χ0v) is 22.6. The molecule has 0 saturated heterocycles. The van der Waals surface area contributed by atoms with E-state index in [-0.39, 0.29) is 36.6 Å². The number of hydrogen-bond acceptors (Lipinski definition) is 4. The summed E-state index contributed by atoms with van der Waals surface area (Å²) in [6.07, 6.45) is 1.80. The van der Waals surface area contributed by atoms with Crippen molar-refractivity contribution in [3.63, 3.8) is 0 Å². The summed E-state index contributed by atoms with van der Waals surface area (Å²) in [4.78, 5) is 28.9. The highest BCUT2D eigenvalue weighted by Gasteiger charge is 2.30. The topological polar surface area (TPSA) is 67.9 Å². The van der Waals surface area contributed by atoms with E-state index in [4.69, 9.17) is 9.47 Å². The average Bonchev–Trinajstić information content (AvgIpc) is 2.94. The van der Waals surface area contributed by atoms with Gasteiger partial charge in [0.2, 0.25) is 11.8 Å². The minimum Gasteiger partial charge on any atom is -0.493 e. The smallest absolute Gasteiger partial charge is 0.243 e. The van der Waals surface area contributed by atoms with E-state index in [0.29, 0.717) is 24.3 Å². The van der Waals surface area contributed by atoms with Crippen LogP contribution in [0.15, 0.2) is 72.8 Å². The highest BCUT2D eigenvalue weighted by Crippen LogP contribution is 2.28. The van der Waals surface area contributed by atoms with E-state index in [0.717, 1.165) is 23.1 Å². The summed E-state index contributed by atoms with van der Waals surface area (Å²) in [6.45, 7) is 4.14. The van der Waals surface area contributed by atoms with Gasteiger partial charge in [0.1, 0.15) is 11.9 Å². The zero-order valence-electron chi connectivity index (χ0n) is 22.6. The van der Waals surface area contributed by atoms with Crippen LogP contribution in [0.5, 0.6) is 11.5 Å². The van der Waals surface area contributed by atoms with Gasteiger partial charge in [-0.15, -0.1) is 0 Å². The Balaban J connectivity index is 1.90. The van der Waals surface area contributed by atoms with Crippen LogP contribution in [0, 0.1) is 5.82 Å². The maximum Gasteiger partial charge on any atom is 0.243 e. The van der Waals surface area contributed by atoms with Crippen molar-refractivity contribution in [2.75, 3.05) is 14.2 Å². The number of hydrogen-bond donors (Lipinski definition) is 1. The molecule has 0 unspecified atom stereocenters. The van der Waals surface area contributed by atoms with Crippen LogP contribution in [0.3, 0.4) is 0 Å². The quantitative estimate of drug-likeness (QED) is 0.331. The van der Waals surface area contributed by atoms with Crippen LogP contribution >= 0.6 is 0 Å². The first kappa shape index (κ1) is 28.7. The molecule has 0 saturated carbocycles. The minimum absolute atomic E-state index is 0.0321. The Morgan fingerprint density at radius 2 is 1.55 bits per heavy atom. The molecule has 2 atom stereocenters. The van der Waals surface area contributed by atoms with Crippen molar-refractivity contribution in [2.24, 2.45) is 0 Å². The van der Waals surface area contributed by atoms with E-state index in [9.17, 15) is 14.0 Å². The van der Waals surface area contributed by atoms with Gasteiger partial charge in [0.25, 0.3) is 0 Å². The van der Waals surface area contributed by atoms with Crippen LogP contribution in [0.4, 0.5) is 4.39 Å². The average molecular weight is 521 g/mol. The fourth-order valence-electron chi connectivity index (χ4n) is 4.21. The van der Waals surface area contributed by atoms with Crippen LogP contribution in [-0.4, -0.2) is 43.0 Å². The molecule has 0 fully saturated rings. The van der Waals surface area contributed by atoms with Crippen molar-refractivity contribution in [1.29, 1.82) is 0 Å². The molecule has 7 heteroatoms. The van der Waals surface area contributed by atoms with Crippen LogP contribution in [-0.2, 0) is 29.0 Å². The Bertz CT molecular complexity index is 1180. The number of carbonyl (C=O) groups excluding carboxylic acids is 2. The maximum absolute atomic E-state index is 13.8. The molecule has 0 bridgehead atoms. The first-order chi connectivity index (χ1) is 18.3. The summed E-state index contributed by atoms with van der Waals surface area (Å²) < 4.78 is 24.3. The van der Waals surface area contributed by atoms with Gasteiger partial charge in [0.05, 0.1) is 14.2 Å². The molecule has 0 aliphatic carbocycles. The largest absolute Gasteiger partial charge is 0.493 e. The summed E-state index contributed by atoms with van der Waals surface area (Å²) in [6, 6.07) is 20.5. The second kappa shape index (κ2) is 14.2. The molecule has 0 radical (unpaired) electrons. The summed E-state index contributed by atoms with van der Waals surface area (Å²) in [5.74, 6) is 0.491. The lowest BCUT2D eigenvalue weighted by Gasteiger charge is -2.32. The van der Waals surface area contributed by atoms with E-state index < -0.39 is 6.04 Å². The molecule has 0 spiro atoms. The van der Waals surface area contributed by atoms with E-state index >= 15 is 0 Å². The fraction of sp³-hybridized carbons (Fsp3) is 0.355. The van der Waals surface area contributed by atoms with Gasteiger partial charge >= 0.3 is 0 Å². The Labute approximate surface area is 224 Å². The van der Waals surface area contributed by atoms with Crippen molar-refractivity contribution in [1.82, 2.24) is 10.2 Å². The summed E-state index contributed by atoms with van der Waals surface area (Å²) in [5, 5.41) is 3.06. The number of halogens is 1. The lowest BCUT2D eigenvalue weighted by atomic mass is 10.0. The Morgan fingerprint density at radius 3 is 2.18 bits per heavy atom. The number of aryl methyl sites for hydroxylation is 1. The second-order valence-electron chi connectivity index (χ2n) is 9.36. The van der Waals surface area contributed by atoms with Gasteiger partial charge in [-0.1, -0.05) is 55.5 Å². The molecule has 2 amide bonds. The van der Waals surface area contributed by atoms with Gasteiger partial charge in [-0.3, -0.25) is 9.59 Å². The molecular formula is C31H37FN2O4. The zero-order chi connectivity index (χ0) is 27.5.